The van der Waals surface area contributed by atoms with Crippen molar-refractivity contribution in [1.82, 2.24) is 15.2 Å². The van der Waals surface area contributed by atoms with E-state index in [0.29, 0.717) is 11.5 Å². The van der Waals surface area contributed by atoms with Crippen LogP contribution in [-0.2, 0) is 0 Å². The van der Waals surface area contributed by atoms with Crippen LogP contribution in [0.3, 0.4) is 0 Å². The number of hydrogen-bond donors (Lipinski definition) is 2. The minimum Gasteiger partial charge on any atom is -0.438 e. The molecule has 6 heteroatoms. The zero-order chi connectivity index (χ0) is 9.97. The molecule has 0 aromatic carbocycles. The predicted molar refractivity (Wildman–Crippen MR) is 47.8 cm³/mol. The third-order valence-corrected chi connectivity index (χ3v) is 1.70. The number of nitrogens with zero attached hydrogens (tertiary/aromatic N) is 2. The summed E-state index contributed by atoms with van der Waals surface area (Å²) in [5.74, 6) is 0.384. The summed E-state index contributed by atoms with van der Waals surface area (Å²) in [7, 11) is 0. The monoisotopic (exact) mass is 192 g/mol. The molecule has 0 fully saturated rings. The van der Waals surface area contributed by atoms with Crippen LogP contribution in [0.15, 0.2) is 23.1 Å². The number of carbonyl (C=O) groups is 1. The molecule has 2 rings (SSSR count). The van der Waals surface area contributed by atoms with E-state index < -0.39 is 0 Å². The summed E-state index contributed by atoms with van der Waals surface area (Å²) in [5, 5.41) is 8.87. The molecular weight excluding hydrogens is 184 g/mol. The molecule has 0 spiro atoms. The number of hydrogen-bond acceptors (Lipinski definition) is 4. The Morgan fingerprint density at radius 2 is 2.50 bits per heavy atom. The third kappa shape index (κ3) is 1.49. The smallest absolute Gasteiger partial charge is 0.294 e. The quantitative estimate of drug-likeness (QED) is 0.742. The maximum atomic E-state index is 11.5. The van der Waals surface area contributed by atoms with Gasteiger partial charge in [-0.05, 0) is 6.92 Å². The molecule has 2 N–H and O–H groups in total. The Morgan fingerprint density at radius 3 is 3.07 bits per heavy atom. The second-order valence-corrected chi connectivity index (χ2v) is 2.69. The molecule has 0 aliphatic carbocycles. The Bertz CT molecular complexity index is 432. The second-order valence-electron chi connectivity index (χ2n) is 2.69. The fraction of sp³-hybridized carbons (Fsp3) is 0.125. The van der Waals surface area contributed by atoms with E-state index in [4.69, 9.17) is 4.42 Å². The van der Waals surface area contributed by atoms with Gasteiger partial charge in [-0.1, -0.05) is 0 Å². The van der Waals surface area contributed by atoms with E-state index in [0.717, 1.165) is 0 Å². The molecule has 0 aliphatic heterocycles. The highest BCUT2D eigenvalue weighted by atomic mass is 16.3. The summed E-state index contributed by atoms with van der Waals surface area (Å²) < 4.78 is 4.92. The molecule has 2 aromatic rings. The predicted octanol–water partition coefficient (Wildman–Crippen LogP) is 0.958. The number of anilines is 1. The molecule has 0 aliphatic rings. The van der Waals surface area contributed by atoms with Crippen LogP contribution in [0.4, 0.5) is 5.82 Å². The van der Waals surface area contributed by atoms with Crippen molar-refractivity contribution in [3.63, 3.8) is 0 Å². The largest absolute Gasteiger partial charge is 0.438 e. The van der Waals surface area contributed by atoms with Gasteiger partial charge in [0.2, 0.25) is 5.76 Å². The maximum Gasteiger partial charge on any atom is 0.294 e. The Hall–Kier alpha value is -2.11. The number of oxazole rings is 1. The van der Waals surface area contributed by atoms with Gasteiger partial charge in [-0.3, -0.25) is 9.89 Å². The zero-order valence-electron chi connectivity index (χ0n) is 7.44. The zero-order valence-corrected chi connectivity index (χ0v) is 7.44. The van der Waals surface area contributed by atoms with Gasteiger partial charge < -0.3 is 9.73 Å². The van der Waals surface area contributed by atoms with Crippen LogP contribution in [0.5, 0.6) is 0 Å². The molecule has 14 heavy (non-hydrogen) atoms. The van der Waals surface area contributed by atoms with Crippen molar-refractivity contribution < 1.29 is 9.21 Å². The lowest BCUT2D eigenvalue weighted by molar-refractivity contribution is 0.0995. The van der Waals surface area contributed by atoms with Crippen LogP contribution < -0.4 is 5.32 Å². The lowest BCUT2D eigenvalue weighted by atomic mass is 10.3. The molecule has 2 heterocycles. The molecule has 0 atom stereocenters. The summed E-state index contributed by atoms with van der Waals surface area (Å²) >= 11 is 0. The summed E-state index contributed by atoms with van der Waals surface area (Å²) in [4.78, 5) is 15.3. The number of carbonyl (C=O) groups excluding carboxylic acids is 1. The molecule has 0 unspecified atom stereocenters. The van der Waals surface area contributed by atoms with Gasteiger partial charge in [0.25, 0.3) is 5.91 Å². The molecular formula is C8H8N4O2. The number of H-pyrrole nitrogens is 1. The Kier molecular flexibility index (Phi) is 2.02. The van der Waals surface area contributed by atoms with Crippen LogP contribution in [0, 0.1) is 6.92 Å². The SMILES string of the molecule is Cc1ncoc1C(=O)Nc1ccn[nH]1. The summed E-state index contributed by atoms with van der Waals surface area (Å²) in [6.07, 6.45) is 2.78. The summed E-state index contributed by atoms with van der Waals surface area (Å²) in [6.45, 7) is 1.70. The van der Waals surface area contributed by atoms with Crippen molar-refractivity contribution in [3.8, 4) is 0 Å². The number of aromatic amines is 1. The standard InChI is InChI=1S/C8H8N4O2/c1-5-7(14-4-9-5)8(13)11-6-2-3-10-12-6/h2-4H,1H3,(H2,10,11,12,13). The highest BCUT2D eigenvalue weighted by molar-refractivity contribution is 6.02. The first-order chi connectivity index (χ1) is 6.77. The van der Waals surface area contributed by atoms with Gasteiger partial charge in [0.1, 0.15) is 5.82 Å². The summed E-state index contributed by atoms with van der Waals surface area (Å²) in [6, 6.07) is 1.64. The van der Waals surface area contributed by atoms with Crippen LogP contribution >= 0.6 is 0 Å². The molecule has 2 aromatic heterocycles. The second kappa shape index (κ2) is 3.33. The fourth-order valence-corrected chi connectivity index (χ4v) is 1.02. The first-order valence-corrected chi connectivity index (χ1v) is 3.98. The summed E-state index contributed by atoms with van der Waals surface area (Å²) in [5.41, 5.74) is 0.557. The molecule has 0 radical (unpaired) electrons. The van der Waals surface area contributed by atoms with E-state index >= 15 is 0 Å². The Balaban J connectivity index is 2.14. The van der Waals surface area contributed by atoms with Crippen LogP contribution in [-0.4, -0.2) is 21.1 Å². The van der Waals surface area contributed by atoms with Crippen molar-refractivity contribution in [2.24, 2.45) is 0 Å². The van der Waals surface area contributed by atoms with E-state index in [9.17, 15) is 4.79 Å². The Morgan fingerprint density at radius 1 is 1.64 bits per heavy atom. The highest BCUT2D eigenvalue weighted by Gasteiger charge is 2.13. The average molecular weight is 192 g/mol. The van der Waals surface area contributed by atoms with E-state index in [-0.39, 0.29) is 11.7 Å². The number of aryl methyl sites for hydroxylation is 1. The van der Waals surface area contributed by atoms with Gasteiger partial charge in [-0.25, -0.2) is 4.98 Å². The lowest BCUT2D eigenvalue weighted by Crippen LogP contribution is -2.12. The first kappa shape index (κ1) is 8.49. The van der Waals surface area contributed by atoms with Crippen molar-refractivity contribution in [3.05, 3.63) is 30.1 Å². The van der Waals surface area contributed by atoms with Crippen LogP contribution in [0.25, 0.3) is 0 Å². The Labute approximate surface area is 79.3 Å². The normalized spacial score (nSPS) is 10.1. The van der Waals surface area contributed by atoms with E-state index in [1.807, 2.05) is 0 Å². The van der Waals surface area contributed by atoms with E-state index in [2.05, 4.69) is 20.5 Å². The topological polar surface area (TPSA) is 83.8 Å². The van der Waals surface area contributed by atoms with Gasteiger partial charge in [0, 0.05) is 6.07 Å². The molecule has 0 saturated carbocycles. The van der Waals surface area contributed by atoms with Crippen molar-refractivity contribution in [1.29, 1.82) is 0 Å². The number of aromatic nitrogens is 3. The van der Waals surface area contributed by atoms with Gasteiger partial charge in [-0.15, -0.1) is 0 Å². The maximum absolute atomic E-state index is 11.5. The third-order valence-electron chi connectivity index (χ3n) is 1.70. The van der Waals surface area contributed by atoms with Gasteiger partial charge in [0.15, 0.2) is 6.39 Å². The molecule has 72 valence electrons. The van der Waals surface area contributed by atoms with Crippen molar-refractivity contribution >= 4 is 11.7 Å². The molecule has 0 saturated heterocycles. The van der Waals surface area contributed by atoms with Crippen molar-refractivity contribution in [2.75, 3.05) is 5.32 Å². The van der Waals surface area contributed by atoms with Gasteiger partial charge >= 0.3 is 0 Å². The number of amides is 1. The fourth-order valence-electron chi connectivity index (χ4n) is 1.02. The minimum atomic E-state index is -0.343. The minimum absolute atomic E-state index is 0.208. The van der Waals surface area contributed by atoms with Gasteiger partial charge in [-0.2, -0.15) is 5.10 Å². The van der Waals surface area contributed by atoms with E-state index in [1.54, 1.807) is 19.2 Å². The van der Waals surface area contributed by atoms with Gasteiger partial charge in [0.05, 0.1) is 11.9 Å². The van der Waals surface area contributed by atoms with Crippen LogP contribution in [0.1, 0.15) is 16.2 Å². The highest BCUT2D eigenvalue weighted by Crippen LogP contribution is 2.08. The molecule has 0 bridgehead atoms. The molecule has 6 nitrogen and oxygen atoms in total. The average Bonchev–Trinajstić information content (AvgIpc) is 2.75. The van der Waals surface area contributed by atoms with E-state index in [1.165, 1.54) is 6.39 Å². The molecule has 1 amide bonds. The first-order valence-electron chi connectivity index (χ1n) is 3.98. The number of rotatable bonds is 2. The lowest BCUT2D eigenvalue weighted by Gasteiger charge is -1.98. The number of nitrogens with one attached hydrogen (secondary N) is 2. The van der Waals surface area contributed by atoms with Crippen LogP contribution in [0.2, 0.25) is 0 Å². The van der Waals surface area contributed by atoms with Crippen molar-refractivity contribution in [2.45, 2.75) is 6.92 Å².